The van der Waals surface area contributed by atoms with Crippen LogP contribution in [0.4, 0.5) is 0 Å². The molecular formula is C17H26IN5O2. The molecule has 0 amide bonds. The zero-order chi connectivity index (χ0) is 17.4. The Morgan fingerprint density at radius 2 is 2.00 bits per heavy atom. The molecular weight excluding hydrogens is 433 g/mol. The number of hydrogen-bond acceptors (Lipinski definition) is 5. The first-order valence-electron chi connectivity index (χ1n) is 8.06. The molecule has 0 aliphatic rings. The molecule has 0 atom stereocenters. The van der Waals surface area contributed by atoms with Crippen LogP contribution in [0.3, 0.4) is 0 Å². The monoisotopic (exact) mass is 459 g/mol. The van der Waals surface area contributed by atoms with Crippen LogP contribution in [0.5, 0.6) is 5.75 Å². The fourth-order valence-corrected chi connectivity index (χ4v) is 2.06. The Morgan fingerprint density at radius 1 is 1.28 bits per heavy atom. The SMILES string of the molecule is CCNC(=NCc1noc(C)n1)N(C)CCOc1ccc(C)cc1.I. The number of hydrogen-bond donors (Lipinski definition) is 1. The number of aromatic nitrogens is 2. The summed E-state index contributed by atoms with van der Waals surface area (Å²) in [7, 11) is 1.97. The van der Waals surface area contributed by atoms with Gasteiger partial charge in [0, 0.05) is 20.5 Å². The average Bonchev–Trinajstić information content (AvgIpc) is 2.98. The zero-order valence-electron chi connectivity index (χ0n) is 15.2. The lowest BCUT2D eigenvalue weighted by atomic mass is 10.2. The molecule has 0 saturated heterocycles. The predicted molar refractivity (Wildman–Crippen MR) is 109 cm³/mol. The van der Waals surface area contributed by atoms with Gasteiger partial charge in [0.2, 0.25) is 5.89 Å². The molecule has 2 aromatic rings. The minimum atomic E-state index is 0. The van der Waals surface area contributed by atoms with Crippen molar-refractivity contribution in [3.63, 3.8) is 0 Å². The summed E-state index contributed by atoms with van der Waals surface area (Å²) < 4.78 is 10.7. The maximum absolute atomic E-state index is 5.76. The number of halogens is 1. The van der Waals surface area contributed by atoms with Crippen LogP contribution < -0.4 is 10.1 Å². The van der Waals surface area contributed by atoms with E-state index in [-0.39, 0.29) is 24.0 Å². The highest BCUT2D eigenvalue weighted by Gasteiger charge is 2.07. The smallest absolute Gasteiger partial charge is 0.223 e. The van der Waals surface area contributed by atoms with Crippen molar-refractivity contribution in [1.29, 1.82) is 0 Å². The van der Waals surface area contributed by atoms with Gasteiger partial charge in [-0.25, -0.2) is 4.99 Å². The lowest BCUT2D eigenvalue weighted by Gasteiger charge is -2.22. The molecule has 0 spiro atoms. The predicted octanol–water partition coefficient (Wildman–Crippen LogP) is 2.78. The lowest BCUT2D eigenvalue weighted by Crippen LogP contribution is -2.40. The van der Waals surface area contributed by atoms with Gasteiger partial charge in [0.25, 0.3) is 0 Å². The average molecular weight is 459 g/mol. The molecule has 0 aliphatic heterocycles. The Kier molecular flexibility index (Phi) is 9.25. The number of benzene rings is 1. The minimum absolute atomic E-state index is 0. The second-order valence-corrected chi connectivity index (χ2v) is 5.48. The van der Waals surface area contributed by atoms with Gasteiger partial charge in [0.15, 0.2) is 11.8 Å². The molecule has 0 fully saturated rings. The normalized spacial score (nSPS) is 11.0. The Morgan fingerprint density at radius 3 is 2.60 bits per heavy atom. The molecule has 25 heavy (non-hydrogen) atoms. The molecule has 1 aromatic heterocycles. The van der Waals surface area contributed by atoms with Gasteiger partial charge in [0.05, 0.1) is 6.54 Å². The third-order valence-corrected chi connectivity index (χ3v) is 3.35. The highest BCUT2D eigenvalue weighted by atomic mass is 127. The summed E-state index contributed by atoms with van der Waals surface area (Å²) in [4.78, 5) is 10.7. The Labute approximate surface area is 165 Å². The highest BCUT2D eigenvalue weighted by molar-refractivity contribution is 14.0. The lowest BCUT2D eigenvalue weighted by molar-refractivity contribution is 0.281. The van der Waals surface area contributed by atoms with Gasteiger partial charge in [-0.3, -0.25) is 0 Å². The molecule has 1 heterocycles. The van der Waals surface area contributed by atoms with Gasteiger partial charge in [-0.2, -0.15) is 4.98 Å². The highest BCUT2D eigenvalue weighted by Crippen LogP contribution is 2.11. The summed E-state index contributed by atoms with van der Waals surface area (Å²) in [5, 5.41) is 7.10. The van der Waals surface area contributed by atoms with Crippen molar-refractivity contribution in [2.24, 2.45) is 4.99 Å². The molecule has 0 radical (unpaired) electrons. The van der Waals surface area contributed by atoms with E-state index in [1.807, 2.05) is 43.1 Å². The Bertz CT molecular complexity index is 657. The van der Waals surface area contributed by atoms with Gasteiger partial charge < -0.3 is 19.5 Å². The van der Waals surface area contributed by atoms with E-state index in [1.165, 1.54) is 5.56 Å². The molecule has 0 bridgehead atoms. The molecule has 2 rings (SSSR count). The third-order valence-electron chi connectivity index (χ3n) is 3.35. The standard InChI is InChI=1S/C17H25N5O2.HI/c1-5-18-17(19-12-16-20-14(3)24-21-16)22(4)10-11-23-15-8-6-13(2)7-9-15;/h6-9H,5,10-12H2,1-4H3,(H,18,19);1H. The van der Waals surface area contributed by atoms with E-state index in [9.17, 15) is 0 Å². The fourth-order valence-electron chi connectivity index (χ4n) is 2.06. The summed E-state index contributed by atoms with van der Waals surface area (Å²) in [6.07, 6.45) is 0. The largest absolute Gasteiger partial charge is 0.492 e. The van der Waals surface area contributed by atoms with Crippen LogP contribution in [0.2, 0.25) is 0 Å². The van der Waals surface area contributed by atoms with E-state index in [0.29, 0.717) is 31.4 Å². The van der Waals surface area contributed by atoms with Crippen LogP contribution in [-0.4, -0.2) is 47.7 Å². The molecule has 1 aromatic carbocycles. The van der Waals surface area contributed by atoms with Gasteiger partial charge in [-0.05, 0) is 26.0 Å². The zero-order valence-corrected chi connectivity index (χ0v) is 17.5. The molecule has 0 aliphatic carbocycles. The molecule has 7 nitrogen and oxygen atoms in total. The summed E-state index contributed by atoms with van der Waals surface area (Å²) >= 11 is 0. The van der Waals surface area contributed by atoms with E-state index in [4.69, 9.17) is 9.26 Å². The second-order valence-electron chi connectivity index (χ2n) is 5.48. The van der Waals surface area contributed by atoms with Crippen molar-refractivity contribution in [3.8, 4) is 5.75 Å². The van der Waals surface area contributed by atoms with E-state index in [0.717, 1.165) is 18.3 Å². The number of ether oxygens (including phenoxy) is 1. The van der Waals surface area contributed by atoms with Crippen molar-refractivity contribution in [1.82, 2.24) is 20.4 Å². The van der Waals surface area contributed by atoms with Crippen LogP contribution in [0.15, 0.2) is 33.8 Å². The Hall–Kier alpha value is -1.84. The molecule has 0 unspecified atom stereocenters. The molecule has 138 valence electrons. The molecule has 0 saturated carbocycles. The van der Waals surface area contributed by atoms with Crippen molar-refractivity contribution in [2.75, 3.05) is 26.7 Å². The van der Waals surface area contributed by atoms with Crippen molar-refractivity contribution in [3.05, 3.63) is 41.5 Å². The number of aryl methyl sites for hydroxylation is 2. The number of nitrogens with one attached hydrogen (secondary N) is 1. The quantitative estimate of drug-likeness (QED) is 0.390. The van der Waals surface area contributed by atoms with E-state index in [2.05, 4.69) is 27.4 Å². The topological polar surface area (TPSA) is 75.8 Å². The maximum Gasteiger partial charge on any atom is 0.223 e. The molecule has 8 heteroatoms. The van der Waals surface area contributed by atoms with E-state index >= 15 is 0 Å². The van der Waals surface area contributed by atoms with Crippen LogP contribution in [-0.2, 0) is 6.54 Å². The van der Waals surface area contributed by atoms with Gasteiger partial charge in [-0.15, -0.1) is 24.0 Å². The number of likely N-dealkylation sites (N-methyl/N-ethyl adjacent to an activating group) is 1. The number of rotatable bonds is 7. The van der Waals surface area contributed by atoms with Gasteiger partial charge >= 0.3 is 0 Å². The first-order valence-corrected chi connectivity index (χ1v) is 8.06. The summed E-state index contributed by atoms with van der Waals surface area (Å²) in [6.45, 7) is 8.30. The van der Waals surface area contributed by atoms with Crippen molar-refractivity contribution >= 4 is 29.9 Å². The van der Waals surface area contributed by atoms with E-state index in [1.54, 1.807) is 6.92 Å². The summed E-state index contributed by atoms with van der Waals surface area (Å²) in [5.41, 5.74) is 1.22. The molecule has 1 N–H and O–H groups in total. The maximum atomic E-state index is 5.76. The minimum Gasteiger partial charge on any atom is -0.492 e. The number of guanidine groups is 1. The summed E-state index contributed by atoms with van der Waals surface area (Å²) in [6, 6.07) is 8.04. The van der Waals surface area contributed by atoms with Crippen LogP contribution in [0.25, 0.3) is 0 Å². The van der Waals surface area contributed by atoms with E-state index < -0.39 is 0 Å². The number of aliphatic imine (C=N–C) groups is 1. The van der Waals surface area contributed by atoms with Crippen LogP contribution in [0.1, 0.15) is 24.2 Å². The summed E-state index contributed by atoms with van der Waals surface area (Å²) in [5.74, 6) is 2.78. The van der Waals surface area contributed by atoms with Crippen LogP contribution in [0, 0.1) is 13.8 Å². The number of nitrogens with zero attached hydrogens (tertiary/aromatic N) is 4. The van der Waals surface area contributed by atoms with Crippen molar-refractivity contribution < 1.29 is 9.26 Å². The first kappa shape index (κ1) is 21.2. The van der Waals surface area contributed by atoms with Gasteiger partial charge in [0.1, 0.15) is 18.9 Å². The van der Waals surface area contributed by atoms with Gasteiger partial charge in [-0.1, -0.05) is 22.9 Å². The third kappa shape index (κ3) is 7.29. The second kappa shape index (κ2) is 10.9. The van der Waals surface area contributed by atoms with Crippen molar-refractivity contribution in [2.45, 2.75) is 27.3 Å². The first-order chi connectivity index (χ1) is 11.6. The van der Waals surface area contributed by atoms with Crippen LogP contribution >= 0.6 is 24.0 Å². The Balaban J connectivity index is 0.00000312. The fraction of sp³-hybridized carbons (Fsp3) is 0.471.